The fraction of sp³-hybridized carbons (Fsp3) is 0.400. The van der Waals surface area contributed by atoms with Crippen molar-refractivity contribution in [1.29, 1.82) is 0 Å². The summed E-state index contributed by atoms with van der Waals surface area (Å²) in [6, 6.07) is 8.65. The van der Waals surface area contributed by atoms with Crippen LogP contribution >= 0.6 is 11.3 Å². The van der Waals surface area contributed by atoms with Crippen LogP contribution in [0.3, 0.4) is 0 Å². The number of aryl methyl sites for hydroxylation is 1. The number of thiazole rings is 1. The maximum Gasteiger partial charge on any atom is 0.190 e. The first-order valence-corrected chi connectivity index (χ1v) is 7.60. The van der Waals surface area contributed by atoms with E-state index >= 15 is 0 Å². The van der Waals surface area contributed by atoms with Gasteiger partial charge in [0.25, 0.3) is 0 Å². The fourth-order valence-corrected chi connectivity index (χ4v) is 3.11. The van der Waals surface area contributed by atoms with Gasteiger partial charge in [0.1, 0.15) is 5.75 Å². The third-order valence-electron chi connectivity index (χ3n) is 3.21. The lowest BCUT2D eigenvalue weighted by molar-refractivity contribution is 0.340. The van der Waals surface area contributed by atoms with E-state index in [-0.39, 0.29) is 0 Å². The van der Waals surface area contributed by atoms with Gasteiger partial charge in [-0.25, -0.2) is 4.99 Å². The predicted octanol–water partition coefficient (Wildman–Crippen LogP) is 3.82. The first kappa shape index (κ1) is 12.5. The molecule has 0 N–H and O–H groups in total. The molecule has 1 heterocycles. The largest absolute Gasteiger partial charge is 0.494 e. The molecule has 0 spiro atoms. The third kappa shape index (κ3) is 2.73. The van der Waals surface area contributed by atoms with E-state index in [1.807, 2.05) is 31.2 Å². The number of ether oxygens (including phenoxy) is 1. The minimum atomic E-state index is 0.674. The monoisotopic (exact) mass is 274 g/mol. The van der Waals surface area contributed by atoms with Crippen molar-refractivity contribution in [1.82, 2.24) is 4.57 Å². The zero-order chi connectivity index (χ0) is 13.2. The minimum absolute atomic E-state index is 0.674. The molecule has 1 aliphatic rings. The van der Waals surface area contributed by atoms with Gasteiger partial charge in [-0.15, -0.1) is 11.3 Å². The number of hydrogen-bond acceptors (Lipinski definition) is 3. The van der Waals surface area contributed by atoms with Gasteiger partial charge in [-0.2, -0.15) is 0 Å². The summed E-state index contributed by atoms with van der Waals surface area (Å²) in [5, 5.41) is 2.19. The molecule has 100 valence electrons. The Bertz CT molecular complexity index is 620. The molecule has 1 saturated carbocycles. The average Bonchev–Trinajstić information content (AvgIpc) is 3.18. The number of hydrogen-bond donors (Lipinski definition) is 0. The van der Waals surface area contributed by atoms with Crippen molar-refractivity contribution in [2.24, 2.45) is 4.99 Å². The summed E-state index contributed by atoms with van der Waals surface area (Å²) < 4.78 is 7.81. The zero-order valence-electron chi connectivity index (χ0n) is 11.3. The van der Waals surface area contributed by atoms with Crippen LogP contribution in [0.5, 0.6) is 5.75 Å². The minimum Gasteiger partial charge on any atom is -0.494 e. The predicted molar refractivity (Wildman–Crippen MR) is 78.2 cm³/mol. The van der Waals surface area contributed by atoms with E-state index in [1.54, 1.807) is 11.3 Å². The van der Waals surface area contributed by atoms with Crippen LogP contribution in [0.2, 0.25) is 0 Å². The average molecular weight is 274 g/mol. The third-order valence-corrected chi connectivity index (χ3v) is 4.16. The van der Waals surface area contributed by atoms with Crippen LogP contribution in [-0.4, -0.2) is 11.2 Å². The van der Waals surface area contributed by atoms with Gasteiger partial charge in [-0.05, 0) is 51.0 Å². The van der Waals surface area contributed by atoms with Crippen LogP contribution in [-0.2, 0) is 0 Å². The van der Waals surface area contributed by atoms with Crippen molar-refractivity contribution >= 4 is 17.0 Å². The maximum atomic E-state index is 5.44. The molecule has 0 bridgehead atoms. The highest BCUT2D eigenvalue weighted by atomic mass is 32.1. The highest BCUT2D eigenvalue weighted by Gasteiger charge is 2.25. The number of benzene rings is 1. The van der Waals surface area contributed by atoms with Crippen LogP contribution in [0, 0.1) is 6.92 Å². The Kier molecular flexibility index (Phi) is 3.42. The van der Waals surface area contributed by atoms with E-state index in [0.29, 0.717) is 12.6 Å². The van der Waals surface area contributed by atoms with Gasteiger partial charge in [0.2, 0.25) is 0 Å². The van der Waals surface area contributed by atoms with Gasteiger partial charge in [0.05, 0.1) is 12.3 Å². The van der Waals surface area contributed by atoms with Gasteiger partial charge >= 0.3 is 0 Å². The van der Waals surface area contributed by atoms with Crippen molar-refractivity contribution in [2.75, 3.05) is 6.61 Å². The Morgan fingerprint density at radius 2 is 2.05 bits per heavy atom. The highest BCUT2D eigenvalue weighted by molar-refractivity contribution is 7.07. The van der Waals surface area contributed by atoms with Crippen molar-refractivity contribution in [3.63, 3.8) is 0 Å². The molecule has 3 nitrogen and oxygen atoms in total. The maximum absolute atomic E-state index is 5.44. The molecule has 0 unspecified atom stereocenters. The number of aromatic nitrogens is 1. The van der Waals surface area contributed by atoms with Gasteiger partial charge in [-0.3, -0.25) is 0 Å². The summed E-state index contributed by atoms with van der Waals surface area (Å²) in [4.78, 5) is 5.85. The molecule has 0 atom stereocenters. The molecule has 0 radical (unpaired) electrons. The molecule has 4 heteroatoms. The quantitative estimate of drug-likeness (QED) is 0.832. The van der Waals surface area contributed by atoms with Crippen molar-refractivity contribution < 1.29 is 4.74 Å². The molecule has 1 aromatic heterocycles. The van der Waals surface area contributed by atoms with E-state index in [4.69, 9.17) is 9.73 Å². The molecule has 1 fully saturated rings. The van der Waals surface area contributed by atoms with Gasteiger partial charge < -0.3 is 9.30 Å². The van der Waals surface area contributed by atoms with E-state index in [2.05, 4.69) is 16.9 Å². The Balaban J connectivity index is 1.92. The van der Waals surface area contributed by atoms with Crippen molar-refractivity contribution in [3.8, 4) is 5.75 Å². The molecule has 19 heavy (non-hydrogen) atoms. The van der Waals surface area contributed by atoms with E-state index in [0.717, 1.165) is 16.2 Å². The second-order valence-electron chi connectivity index (χ2n) is 4.80. The molecule has 0 saturated heterocycles. The summed E-state index contributed by atoms with van der Waals surface area (Å²) in [6.45, 7) is 4.85. The number of nitrogens with zero attached hydrogens (tertiary/aromatic N) is 2. The van der Waals surface area contributed by atoms with Crippen LogP contribution < -0.4 is 9.54 Å². The standard InChI is InChI=1S/C15H18N2OS/c1-3-18-14-8-4-12(5-9-14)16-15-17(13-6-7-13)11(2)10-19-15/h4-5,8-10,13H,3,6-7H2,1-2H3. The highest BCUT2D eigenvalue weighted by Crippen LogP contribution is 2.35. The van der Waals surface area contributed by atoms with Gasteiger partial charge in [-0.1, -0.05) is 0 Å². The lowest BCUT2D eigenvalue weighted by atomic mass is 10.3. The van der Waals surface area contributed by atoms with E-state index in [1.165, 1.54) is 18.5 Å². The summed E-state index contributed by atoms with van der Waals surface area (Å²) in [5.41, 5.74) is 2.30. The second kappa shape index (κ2) is 5.21. The van der Waals surface area contributed by atoms with Crippen LogP contribution in [0.1, 0.15) is 31.5 Å². The lowest BCUT2D eigenvalue weighted by Crippen LogP contribution is -2.14. The normalized spacial score (nSPS) is 15.8. The van der Waals surface area contributed by atoms with Crippen LogP contribution in [0.4, 0.5) is 5.69 Å². The first-order chi connectivity index (χ1) is 9.28. The summed E-state index contributed by atoms with van der Waals surface area (Å²) in [5.74, 6) is 0.902. The SMILES string of the molecule is CCOc1ccc(N=c2scc(C)n2C2CC2)cc1. The lowest BCUT2D eigenvalue weighted by Gasteiger charge is -2.03. The summed E-state index contributed by atoms with van der Waals surface area (Å²) in [7, 11) is 0. The van der Waals surface area contributed by atoms with E-state index < -0.39 is 0 Å². The fourth-order valence-electron chi connectivity index (χ4n) is 2.15. The first-order valence-electron chi connectivity index (χ1n) is 6.72. The van der Waals surface area contributed by atoms with Gasteiger partial charge in [0.15, 0.2) is 4.80 Å². The molecule has 2 aromatic rings. The molecular formula is C15H18N2OS. The van der Waals surface area contributed by atoms with Crippen LogP contribution in [0.25, 0.3) is 0 Å². The molecule has 0 aliphatic heterocycles. The Hall–Kier alpha value is -1.55. The second-order valence-corrected chi connectivity index (χ2v) is 5.64. The number of rotatable bonds is 4. The van der Waals surface area contributed by atoms with E-state index in [9.17, 15) is 0 Å². The van der Waals surface area contributed by atoms with Crippen molar-refractivity contribution in [2.45, 2.75) is 32.7 Å². The Labute approximate surface area is 117 Å². The molecule has 3 rings (SSSR count). The Morgan fingerprint density at radius 1 is 1.32 bits per heavy atom. The summed E-state index contributed by atoms with van der Waals surface area (Å²) in [6.07, 6.45) is 2.57. The topological polar surface area (TPSA) is 26.5 Å². The Morgan fingerprint density at radius 3 is 2.68 bits per heavy atom. The summed E-state index contributed by atoms with van der Waals surface area (Å²) >= 11 is 1.72. The molecular weight excluding hydrogens is 256 g/mol. The zero-order valence-corrected chi connectivity index (χ0v) is 12.1. The smallest absolute Gasteiger partial charge is 0.190 e. The molecule has 1 aromatic carbocycles. The van der Waals surface area contributed by atoms with Crippen LogP contribution in [0.15, 0.2) is 34.6 Å². The van der Waals surface area contributed by atoms with Gasteiger partial charge in [0, 0.05) is 17.1 Å². The molecule has 1 aliphatic carbocycles. The van der Waals surface area contributed by atoms with Crippen molar-refractivity contribution in [3.05, 3.63) is 40.1 Å². The molecule has 0 amide bonds.